The van der Waals surface area contributed by atoms with Gasteiger partial charge in [-0.25, -0.2) is 0 Å². The summed E-state index contributed by atoms with van der Waals surface area (Å²) in [7, 11) is 0. The Bertz CT molecular complexity index is 665. The van der Waals surface area contributed by atoms with Gasteiger partial charge in [-0.2, -0.15) is 0 Å². The Morgan fingerprint density at radius 3 is 2.20 bits per heavy atom. The topological polar surface area (TPSA) is 20.2 Å². The molecule has 1 N–H and O–H groups in total. The first-order valence-corrected chi connectivity index (χ1v) is 10.4. The Hall–Kier alpha value is 0.110. The quantitative estimate of drug-likeness (QED) is 0.398. The lowest BCUT2D eigenvalue weighted by atomic mass is 10.2. The third-order valence-electron chi connectivity index (χ3n) is 2.71. The van der Waals surface area contributed by atoms with Gasteiger partial charge >= 0.3 is 0 Å². The summed E-state index contributed by atoms with van der Waals surface area (Å²) in [5, 5.41) is 14.6. The number of thiophene rings is 2. The average molecular weight is 421 g/mol. The summed E-state index contributed by atoms with van der Waals surface area (Å²) < 4.78 is 0.853. The number of hydrogen-bond donors (Lipinski definition) is 1. The van der Waals surface area contributed by atoms with Crippen molar-refractivity contribution >= 4 is 73.5 Å². The molecule has 3 aromatic heterocycles. The van der Waals surface area contributed by atoms with Gasteiger partial charge in [-0.05, 0) is 22.9 Å². The third-order valence-corrected chi connectivity index (χ3v) is 8.93. The number of halogens is 1. The first-order chi connectivity index (χ1) is 9.66. The van der Waals surface area contributed by atoms with E-state index in [0.717, 1.165) is 17.8 Å². The maximum absolute atomic E-state index is 10.6. The lowest BCUT2D eigenvalue weighted by molar-refractivity contribution is 0.227. The van der Waals surface area contributed by atoms with Crippen LogP contribution in [0.3, 0.4) is 0 Å². The smallest absolute Gasteiger partial charge is 0.144 e. The SMILES string of the molecule is OC(c1cccs1)c1sc(=S)sc1C(Br)c1cccs1. The molecule has 2 unspecified atom stereocenters. The van der Waals surface area contributed by atoms with Crippen molar-refractivity contribution in [3.63, 3.8) is 0 Å². The van der Waals surface area contributed by atoms with E-state index in [4.69, 9.17) is 12.2 Å². The molecule has 3 aromatic rings. The van der Waals surface area contributed by atoms with Gasteiger partial charge in [0.2, 0.25) is 0 Å². The summed E-state index contributed by atoms with van der Waals surface area (Å²) in [5.41, 5.74) is 0. The molecular weight excluding hydrogens is 412 g/mol. The second-order valence-electron chi connectivity index (χ2n) is 3.98. The van der Waals surface area contributed by atoms with E-state index in [-0.39, 0.29) is 4.83 Å². The summed E-state index contributed by atoms with van der Waals surface area (Å²) in [4.78, 5) is 4.36. The monoisotopic (exact) mass is 420 g/mol. The van der Waals surface area contributed by atoms with Crippen LogP contribution in [0.4, 0.5) is 0 Å². The molecule has 0 spiro atoms. The minimum absolute atomic E-state index is 0.102. The van der Waals surface area contributed by atoms with E-state index in [1.807, 2.05) is 23.6 Å². The highest BCUT2D eigenvalue weighted by molar-refractivity contribution is 9.09. The van der Waals surface area contributed by atoms with Gasteiger partial charge in [0.1, 0.15) is 9.24 Å². The molecule has 1 nitrogen and oxygen atoms in total. The third kappa shape index (κ3) is 2.99. The second-order valence-corrected chi connectivity index (χ2v) is 10.1. The molecule has 0 aliphatic rings. The van der Waals surface area contributed by atoms with E-state index in [9.17, 15) is 5.11 Å². The highest BCUT2D eigenvalue weighted by Gasteiger charge is 2.24. The molecule has 0 radical (unpaired) electrons. The van der Waals surface area contributed by atoms with Gasteiger partial charge in [0.25, 0.3) is 0 Å². The van der Waals surface area contributed by atoms with Gasteiger partial charge in [-0.1, -0.05) is 40.3 Å². The van der Waals surface area contributed by atoms with Crippen molar-refractivity contribution < 1.29 is 5.11 Å². The van der Waals surface area contributed by atoms with Crippen molar-refractivity contribution in [2.45, 2.75) is 10.9 Å². The Labute approximate surface area is 146 Å². The van der Waals surface area contributed by atoms with E-state index >= 15 is 0 Å². The van der Waals surface area contributed by atoms with Crippen LogP contribution in [0.5, 0.6) is 0 Å². The zero-order chi connectivity index (χ0) is 14.1. The van der Waals surface area contributed by atoms with Crippen LogP contribution < -0.4 is 0 Å². The van der Waals surface area contributed by atoms with Gasteiger partial charge in [-0.15, -0.1) is 45.3 Å². The molecule has 20 heavy (non-hydrogen) atoms. The van der Waals surface area contributed by atoms with Gasteiger partial charge in [0, 0.05) is 14.6 Å². The van der Waals surface area contributed by atoms with E-state index < -0.39 is 6.10 Å². The molecule has 104 valence electrons. The predicted molar refractivity (Wildman–Crippen MR) is 96.5 cm³/mol. The first kappa shape index (κ1) is 15.0. The fraction of sp³-hybridized carbons (Fsp3) is 0.154. The maximum Gasteiger partial charge on any atom is 0.144 e. The molecule has 0 fully saturated rings. The summed E-state index contributed by atoms with van der Waals surface area (Å²) in [6.45, 7) is 0. The zero-order valence-corrected chi connectivity index (χ0v) is 15.7. The molecule has 0 saturated heterocycles. The Kier molecular flexibility index (Phi) is 4.86. The van der Waals surface area contributed by atoms with E-state index in [2.05, 4.69) is 27.4 Å². The van der Waals surface area contributed by atoms with Crippen LogP contribution in [-0.2, 0) is 0 Å². The number of rotatable bonds is 4. The lowest BCUT2D eigenvalue weighted by Crippen LogP contribution is -1.99. The van der Waals surface area contributed by atoms with Crippen molar-refractivity contribution in [2.24, 2.45) is 0 Å². The van der Waals surface area contributed by atoms with Crippen molar-refractivity contribution in [2.75, 3.05) is 0 Å². The van der Waals surface area contributed by atoms with Crippen LogP contribution >= 0.6 is 73.5 Å². The average Bonchev–Trinajstić information content (AvgIpc) is 3.18. The van der Waals surface area contributed by atoms with E-state index in [1.54, 1.807) is 34.0 Å². The normalized spacial score (nSPS) is 14.3. The van der Waals surface area contributed by atoms with Crippen molar-refractivity contribution in [3.8, 4) is 0 Å². The number of alkyl halides is 1. The molecule has 0 aliphatic carbocycles. The van der Waals surface area contributed by atoms with Gasteiger partial charge in [0.15, 0.2) is 0 Å². The van der Waals surface area contributed by atoms with Crippen molar-refractivity contribution in [1.29, 1.82) is 0 Å². The molecule has 0 aliphatic heterocycles. The Balaban J connectivity index is 2.02. The number of aliphatic hydroxyl groups is 1. The standard InChI is InChI=1S/C13H9BrOS5/c14-9(7-3-1-5-17-7)11-12(20-13(16)19-11)10(15)8-4-2-6-18-8/h1-6,9-10,15H. The van der Waals surface area contributed by atoms with Crippen LogP contribution in [0.2, 0.25) is 0 Å². The fourth-order valence-corrected chi connectivity index (χ4v) is 7.29. The largest absolute Gasteiger partial charge is 0.382 e. The molecule has 0 aromatic carbocycles. The minimum atomic E-state index is -0.581. The second kappa shape index (κ2) is 6.48. The minimum Gasteiger partial charge on any atom is -0.382 e. The molecule has 3 heterocycles. The van der Waals surface area contributed by atoms with Crippen LogP contribution in [0.15, 0.2) is 35.0 Å². The van der Waals surface area contributed by atoms with Crippen LogP contribution in [-0.4, -0.2) is 5.11 Å². The van der Waals surface area contributed by atoms with Gasteiger partial charge < -0.3 is 5.11 Å². The van der Waals surface area contributed by atoms with E-state index in [0.29, 0.717) is 0 Å². The molecule has 0 bridgehead atoms. The summed E-state index contributed by atoms with van der Waals surface area (Å²) in [6, 6.07) is 8.05. The fourth-order valence-electron chi connectivity index (χ4n) is 1.81. The highest BCUT2D eigenvalue weighted by Crippen LogP contribution is 2.45. The zero-order valence-electron chi connectivity index (χ0n) is 9.99. The van der Waals surface area contributed by atoms with Gasteiger partial charge in [-0.3, -0.25) is 0 Å². The summed E-state index contributed by atoms with van der Waals surface area (Å²) in [5.74, 6) is 0. The number of aliphatic hydroxyl groups excluding tert-OH is 1. The van der Waals surface area contributed by atoms with Crippen LogP contribution in [0.1, 0.15) is 30.4 Å². The van der Waals surface area contributed by atoms with Crippen molar-refractivity contribution in [3.05, 3.63) is 57.7 Å². The molecule has 0 saturated carbocycles. The predicted octanol–water partition coefficient (Wildman–Crippen LogP) is 6.23. The molecular formula is C13H9BrOS5. The maximum atomic E-state index is 10.6. The Morgan fingerprint density at radius 1 is 1.00 bits per heavy atom. The summed E-state index contributed by atoms with van der Waals surface area (Å²) >= 11 is 15.4. The molecule has 2 atom stereocenters. The Morgan fingerprint density at radius 2 is 1.60 bits per heavy atom. The highest BCUT2D eigenvalue weighted by atomic mass is 79.9. The van der Waals surface area contributed by atoms with E-state index in [1.165, 1.54) is 16.2 Å². The van der Waals surface area contributed by atoms with Crippen molar-refractivity contribution in [1.82, 2.24) is 0 Å². The molecule has 0 amide bonds. The molecule has 3 rings (SSSR count). The lowest BCUT2D eigenvalue weighted by Gasteiger charge is -2.12. The number of hydrogen-bond acceptors (Lipinski definition) is 6. The van der Waals surface area contributed by atoms with Crippen LogP contribution in [0.25, 0.3) is 0 Å². The van der Waals surface area contributed by atoms with Crippen LogP contribution in [0, 0.1) is 3.14 Å². The first-order valence-electron chi connectivity index (χ1n) is 5.69. The van der Waals surface area contributed by atoms with Gasteiger partial charge in [0.05, 0.1) is 9.70 Å². The molecule has 7 heteroatoms. The summed E-state index contributed by atoms with van der Waals surface area (Å²) in [6.07, 6.45) is -0.581.